The molecule has 0 aromatic heterocycles. The van der Waals surface area contributed by atoms with Gasteiger partial charge in [-0.1, -0.05) is 0 Å². The highest BCUT2D eigenvalue weighted by atomic mass is 16.6. The Morgan fingerprint density at radius 3 is 2.16 bits per heavy atom. The molecule has 0 bridgehead atoms. The van der Waals surface area contributed by atoms with Crippen LogP contribution >= 0.6 is 0 Å². The van der Waals surface area contributed by atoms with Crippen molar-refractivity contribution in [1.82, 2.24) is 4.90 Å². The maximum absolute atomic E-state index is 12.5. The molecule has 5 nitrogen and oxygen atoms in total. The minimum absolute atomic E-state index is 0.180. The Bertz CT molecular complexity index is 415. The molecule has 1 saturated heterocycles. The van der Waals surface area contributed by atoms with Crippen LogP contribution in [0.1, 0.15) is 79.6 Å². The molecule has 1 aliphatic heterocycles. The smallest absolute Gasteiger partial charge is 0.410 e. The Hall–Kier alpha value is -0.810. The molecule has 2 fully saturated rings. The van der Waals surface area contributed by atoms with Crippen molar-refractivity contribution in [3.05, 3.63) is 0 Å². The number of hydrogen-bond donors (Lipinski definition) is 1. The molecule has 1 amide bonds. The van der Waals surface area contributed by atoms with Crippen molar-refractivity contribution < 1.29 is 14.3 Å². The normalized spacial score (nSPS) is 34.0. The number of nitrogens with zero attached hydrogens (tertiary/aromatic N) is 1. The van der Waals surface area contributed by atoms with Crippen LogP contribution in [0.4, 0.5) is 4.79 Å². The molecule has 2 aliphatic rings. The fourth-order valence-corrected chi connectivity index (χ4v) is 4.29. The van der Waals surface area contributed by atoms with Crippen molar-refractivity contribution in [2.75, 3.05) is 6.61 Å². The van der Waals surface area contributed by atoms with Gasteiger partial charge in [0.25, 0.3) is 0 Å². The van der Waals surface area contributed by atoms with E-state index in [9.17, 15) is 4.79 Å². The molecule has 1 saturated carbocycles. The Kier molecular flexibility index (Phi) is 7.15. The zero-order chi connectivity index (χ0) is 18.6. The van der Waals surface area contributed by atoms with Crippen molar-refractivity contribution >= 4 is 6.09 Å². The van der Waals surface area contributed by atoms with Gasteiger partial charge >= 0.3 is 6.09 Å². The van der Waals surface area contributed by atoms with Gasteiger partial charge in [0.05, 0.1) is 6.10 Å². The van der Waals surface area contributed by atoms with Crippen LogP contribution in [0.5, 0.6) is 0 Å². The lowest BCUT2D eigenvalue weighted by molar-refractivity contribution is -0.0160. The van der Waals surface area contributed by atoms with E-state index in [-0.39, 0.29) is 18.2 Å². The monoisotopic (exact) mass is 354 g/mol. The van der Waals surface area contributed by atoms with Crippen LogP contribution in [0.25, 0.3) is 0 Å². The zero-order valence-electron chi connectivity index (χ0n) is 16.8. The molecule has 2 rings (SSSR count). The van der Waals surface area contributed by atoms with Gasteiger partial charge in [-0.05, 0) is 85.5 Å². The van der Waals surface area contributed by atoms with Crippen LogP contribution in [-0.2, 0) is 9.47 Å². The number of carbonyl (C=O) groups excluding carboxylic acids is 1. The van der Waals surface area contributed by atoms with Crippen molar-refractivity contribution in [3.8, 4) is 0 Å². The average Bonchev–Trinajstić information content (AvgIpc) is 2.46. The third-order valence-electron chi connectivity index (χ3n) is 5.50. The average molecular weight is 355 g/mol. The number of carbonyl (C=O) groups is 1. The van der Waals surface area contributed by atoms with Crippen molar-refractivity contribution in [1.29, 1.82) is 0 Å². The van der Waals surface area contributed by atoms with Gasteiger partial charge in [0.1, 0.15) is 5.60 Å². The number of amides is 1. The van der Waals surface area contributed by atoms with Gasteiger partial charge in [-0.25, -0.2) is 4.79 Å². The van der Waals surface area contributed by atoms with Gasteiger partial charge in [0.15, 0.2) is 0 Å². The molecule has 3 atom stereocenters. The van der Waals surface area contributed by atoms with E-state index in [4.69, 9.17) is 15.2 Å². The van der Waals surface area contributed by atoms with E-state index < -0.39 is 5.60 Å². The third-order valence-corrected chi connectivity index (χ3v) is 5.50. The molecule has 0 aromatic carbocycles. The predicted octanol–water partition coefficient (Wildman–Crippen LogP) is 4.09. The summed E-state index contributed by atoms with van der Waals surface area (Å²) in [5, 5.41) is 0. The van der Waals surface area contributed by atoms with E-state index in [0.29, 0.717) is 18.1 Å². The maximum Gasteiger partial charge on any atom is 0.410 e. The fourth-order valence-electron chi connectivity index (χ4n) is 4.29. The topological polar surface area (TPSA) is 64.8 Å². The van der Waals surface area contributed by atoms with Crippen molar-refractivity contribution in [3.63, 3.8) is 0 Å². The van der Waals surface area contributed by atoms with E-state index >= 15 is 0 Å². The van der Waals surface area contributed by atoms with E-state index in [1.165, 1.54) is 0 Å². The summed E-state index contributed by atoms with van der Waals surface area (Å²) < 4.78 is 11.7. The van der Waals surface area contributed by atoms with Crippen LogP contribution in [0.3, 0.4) is 0 Å². The van der Waals surface area contributed by atoms with Crippen LogP contribution in [-0.4, -0.2) is 47.4 Å². The standard InChI is InChI=1S/C20H38N2O3/c1-14-12-16(10-11-24-18-8-6-17(21)7-9-18)13-15(2)22(14)19(23)25-20(3,4)5/h14-18H,6-13,21H2,1-5H3/t14-,15?,16?,17?,18?/m0/s1. The summed E-state index contributed by atoms with van der Waals surface area (Å²) in [6, 6.07) is 0.811. The maximum atomic E-state index is 12.5. The number of hydrogen-bond acceptors (Lipinski definition) is 4. The Balaban J connectivity index is 1.74. The lowest BCUT2D eigenvalue weighted by Crippen LogP contribution is -2.51. The third kappa shape index (κ3) is 6.45. The summed E-state index contributed by atoms with van der Waals surface area (Å²) in [6.45, 7) is 10.9. The molecular formula is C20H38N2O3. The second-order valence-electron chi connectivity index (χ2n) is 9.12. The van der Waals surface area contributed by atoms with Crippen molar-refractivity contribution in [2.45, 2.75) is 109 Å². The van der Waals surface area contributed by atoms with Gasteiger partial charge in [0.2, 0.25) is 0 Å². The number of rotatable bonds is 4. The van der Waals surface area contributed by atoms with E-state index in [2.05, 4.69) is 13.8 Å². The Labute approximate surface area is 153 Å². The second-order valence-corrected chi connectivity index (χ2v) is 9.12. The summed E-state index contributed by atoms with van der Waals surface area (Å²) in [4.78, 5) is 14.4. The lowest BCUT2D eigenvalue weighted by Gasteiger charge is -2.43. The second kappa shape index (κ2) is 8.72. The van der Waals surface area contributed by atoms with Crippen molar-refractivity contribution in [2.24, 2.45) is 11.7 Å². The van der Waals surface area contributed by atoms with Gasteiger partial charge in [-0.15, -0.1) is 0 Å². The molecule has 25 heavy (non-hydrogen) atoms. The van der Waals surface area contributed by atoms with Crippen LogP contribution in [0.15, 0.2) is 0 Å². The SMILES string of the molecule is CC1CC(CCOC2CCC(N)CC2)C[C@H](C)N1C(=O)OC(C)(C)C. The molecule has 1 aliphatic carbocycles. The minimum atomic E-state index is -0.441. The van der Waals surface area contributed by atoms with Gasteiger partial charge in [-0.3, -0.25) is 0 Å². The van der Waals surface area contributed by atoms with Crippen LogP contribution in [0, 0.1) is 5.92 Å². The molecule has 0 radical (unpaired) electrons. The number of likely N-dealkylation sites (tertiary alicyclic amines) is 1. The summed E-state index contributed by atoms with van der Waals surface area (Å²) in [6.07, 6.45) is 7.75. The first-order chi connectivity index (χ1) is 11.7. The number of nitrogens with two attached hydrogens (primary N) is 1. The number of ether oxygens (including phenoxy) is 2. The minimum Gasteiger partial charge on any atom is -0.444 e. The largest absolute Gasteiger partial charge is 0.444 e. The molecule has 2 unspecified atom stereocenters. The highest BCUT2D eigenvalue weighted by molar-refractivity contribution is 5.69. The molecule has 146 valence electrons. The first kappa shape index (κ1) is 20.5. The Morgan fingerprint density at radius 1 is 1.08 bits per heavy atom. The summed E-state index contributed by atoms with van der Waals surface area (Å²) in [5.74, 6) is 0.620. The van der Waals surface area contributed by atoms with E-state index in [0.717, 1.165) is 51.6 Å². The molecule has 1 heterocycles. The van der Waals surface area contributed by atoms with Gasteiger partial charge in [0, 0.05) is 24.7 Å². The molecule has 0 spiro atoms. The molecule has 5 heteroatoms. The van der Waals surface area contributed by atoms with Gasteiger partial charge < -0.3 is 20.1 Å². The number of piperidine rings is 1. The van der Waals surface area contributed by atoms with E-state index in [1.54, 1.807) is 0 Å². The first-order valence-electron chi connectivity index (χ1n) is 10.0. The fraction of sp³-hybridized carbons (Fsp3) is 0.950. The predicted molar refractivity (Wildman–Crippen MR) is 101 cm³/mol. The van der Waals surface area contributed by atoms with Crippen LogP contribution in [0.2, 0.25) is 0 Å². The summed E-state index contributed by atoms with van der Waals surface area (Å²) in [5.41, 5.74) is 5.51. The molecular weight excluding hydrogens is 316 g/mol. The highest BCUT2D eigenvalue weighted by Gasteiger charge is 2.36. The molecule has 0 aromatic rings. The first-order valence-corrected chi connectivity index (χ1v) is 10.0. The summed E-state index contributed by atoms with van der Waals surface area (Å²) in [7, 11) is 0. The van der Waals surface area contributed by atoms with Gasteiger partial charge in [-0.2, -0.15) is 0 Å². The summed E-state index contributed by atoms with van der Waals surface area (Å²) >= 11 is 0. The quantitative estimate of drug-likeness (QED) is 0.826. The zero-order valence-corrected chi connectivity index (χ0v) is 16.8. The highest BCUT2D eigenvalue weighted by Crippen LogP contribution is 2.31. The molecule has 2 N–H and O–H groups in total. The Morgan fingerprint density at radius 2 is 1.64 bits per heavy atom. The lowest BCUT2D eigenvalue weighted by atomic mass is 9.85. The van der Waals surface area contributed by atoms with E-state index in [1.807, 2.05) is 25.7 Å². The van der Waals surface area contributed by atoms with Crippen LogP contribution < -0.4 is 5.73 Å².